The average molecular weight is 349 g/mol. The minimum absolute atomic E-state index is 0.286. The van der Waals surface area contributed by atoms with Crippen molar-refractivity contribution in [2.75, 3.05) is 0 Å². The molecule has 0 radical (unpaired) electrons. The summed E-state index contributed by atoms with van der Waals surface area (Å²) in [6.07, 6.45) is 2.04. The van der Waals surface area contributed by atoms with Crippen molar-refractivity contribution in [1.29, 1.82) is 0 Å². The van der Waals surface area contributed by atoms with Crippen molar-refractivity contribution in [1.82, 2.24) is 5.43 Å². The van der Waals surface area contributed by atoms with E-state index in [4.69, 9.17) is 5.84 Å². The summed E-state index contributed by atoms with van der Waals surface area (Å²) in [5.41, 5.74) is 5.77. The van der Waals surface area contributed by atoms with Gasteiger partial charge in [-0.15, -0.1) is 11.8 Å². The highest BCUT2D eigenvalue weighted by atomic mass is 79.9. The van der Waals surface area contributed by atoms with Crippen LogP contribution in [0.1, 0.15) is 11.1 Å². The zero-order chi connectivity index (χ0) is 13.9. The summed E-state index contributed by atoms with van der Waals surface area (Å²) in [6.45, 7) is 0. The number of rotatable bonds is 4. The lowest BCUT2D eigenvalue weighted by Crippen LogP contribution is -2.44. The van der Waals surface area contributed by atoms with Crippen LogP contribution in [0.4, 0.5) is 0 Å². The third kappa shape index (κ3) is 3.09. The van der Waals surface area contributed by atoms with E-state index in [0.29, 0.717) is 5.25 Å². The first kappa shape index (κ1) is 14.1. The number of benzene rings is 2. The van der Waals surface area contributed by atoms with Gasteiger partial charge in [-0.2, -0.15) is 0 Å². The number of fused-ring (bicyclic) bond motifs is 1. The van der Waals surface area contributed by atoms with E-state index in [-0.39, 0.29) is 6.04 Å². The van der Waals surface area contributed by atoms with Gasteiger partial charge in [0, 0.05) is 20.7 Å². The molecule has 0 fully saturated rings. The predicted octanol–water partition coefficient (Wildman–Crippen LogP) is 3.54. The molecular formula is C16H17BrN2S. The molecule has 0 saturated carbocycles. The second-order valence-electron chi connectivity index (χ2n) is 5.07. The highest BCUT2D eigenvalue weighted by Crippen LogP contribution is 2.38. The van der Waals surface area contributed by atoms with Crippen LogP contribution >= 0.6 is 27.7 Å². The Morgan fingerprint density at radius 2 is 1.95 bits per heavy atom. The van der Waals surface area contributed by atoms with Crippen LogP contribution in [0.15, 0.2) is 57.9 Å². The molecule has 2 aromatic rings. The Kier molecular flexibility index (Phi) is 4.46. The van der Waals surface area contributed by atoms with Gasteiger partial charge in [0.15, 0.2) is 0 Å². The normalized spacial score (nSPS) is 18.8. The fraction of sp³-hybridized carbons (Fsp3) is 0.250. The van der Waals surface area contributed by atoms with Gasteiger partial charge in [0.05, 0.1) is 0 Å². The van der Waals surface area contributed by atoms with E-state index >= 15 is 0 Å². The van der Waals surface area contributed by atoms with Crippen molar-refractivity contribution < 1.29 is 0 Å². The smallest absolute Gasteiger partial charge is 0.0376 e. The van der Waals surface area contributed by atoms with Gasteiger partial charge in [-0.3, -0.25) is 11.3 Å². The number of thioether (sulfide) groups is 1. The van der Waals surface area contributed by atoms with Gasteiger partial charge in [-0.1, -0.05) is 46.3 Å². The molecule has 4 heteroatoms. The maximum Gasteiger partial charge on any atom is 0.0376 e. The van der Waals surface area contributed by atoms with E-state index in [1.54, 1.807) is 0 Å². The highest BCUT2D eigenvalue weighted by molar-refractivity contribution is 9.10. The SMILES string of the molecule is NNC(Cc1ccc(Br)cc1)C1Cc2ccccc2S1. The van der Waals surface area contributed by atoms with Crippen LogP contribution in [0.3, 0.4) is 0 Å². The van der Waals surface area contributed by atoms with Gasteiger partial charge in [0.1, 0.15) is 0 Å². The van der Waals surface area contributed by atoms with Crippen LogP contribution in [-0.4, -0.2) is 11.3 Å². The fourth-order valence-electron chi connectivity index (χ4n) is 2.61. The van der Waals surface area contributed by atoms with Crippen LogP contribution < -0.4 is 11.3 Å². The average Bonchev–Trinajstić information content (AvgIpc) is 2.90. The number of nitrogens with one attached hydrogen (secondary N) is 1. The second kappa shape index (κ2) is 6.31. The third-order valence-electron chi connectivity index (χ3n) is 3.70. The number of halogens is 1. The summed E-state index contributed by atoms with van der Waals surface area (Å²) >= 11 is 5.41. The van der Waals surface area contributed by atoms with E-state index in [0.717, 1.165) is 17.3 Å². The zero-order valence-electron chi connectivity index (χ0n) is 11.1. The first-order valence-electron chi connectivity index (χ1n) is 6.71. The van der Waals surface area contributed by atoms with E-state index in [2.05, 4.69) is 69.9 Å². The number of nitrogens with two attached hydrogens (primary N) is 1. The maximum absolute atomic E-state index is 5.79. The molecule has 0 amide bonds. The maximum atomic E-state index is 5.79. The van der Waals surface area contributed by atoms with Crippen molar-refractivity contribution in [3.63, 3.8) is 0 Å². The standard InChI is InChI=1S/C16H17BrN2S/c17-13-7-5-11(6-8-13)9-14(19-18)16-10-12-3-1-2-4-15(12)20-16/h1-8,14,16,19H,9-10,18H2. The lowest BCUT2D eigenvalue weighted by Gasteiger charge is -2.22. The molecule has 0 spiro atoms. The molecule has 1 aliphatic heterocycles. The first-order chi connectivity index (χ1) is 9.76. The van der Waals surface area contributed by atoms with Crippen molar-refractivity contribution in [3.05, 3.63) is 64.1 Å². The molecule has 2 unspecified atom stereocenters. The minimum atomic E-state index is 0.286. The molecular weight excluding hydrogens is 332 g/mol. The Morgan fingerprint density at radius 3 is 2.65 bits per heavy atom. The molecule has 0 saturated heterocycles. The Morgan fingerprint density at radius 1 is 1.20 bits per heavy atom. The van der Waals surface area contributed by atoms with E-state index in [1.807, 2.05) is 11.8 Å². The Hall–Kier alpha value is -0.810. The molecule has 0 aromatic heterocycles. The van der Waals surface area contributed by atoms with Crippen molar-refractivity contribution in [2.45, 2.75) is 29.0 Å². The fourth-order valence-corrected chi connectivity index (χ4v) is 4.26. The molecule has 0 aliphatic carbocycles. The summed E-state index contributed by atoms with van der Waals surface area (Å²) in [6, 6.07) is 17.4. The molecule has 1 aliphatic rings. The number of hydrogen-bond donors (Lipinski definition) is 2. The Labute approximate surface area is 132 Å². The van der Waals surface area contributed by atoms with Crippen molar-refractivity contribution in [3.8, 4) is 0 Å². The monoisotopic (exact) mass is 348 g/mol. The first-order valence-corrected chi connectivity index (χ1v) is 8.38. The van der Waals surface area contributed by atoms with Crippen molar-refractivity contribution in [2.24, 2.45) is 5.84 Å². The zero-order valence-corrected chi connectivity index (χ0v) is 13.5. The molecule has 20 heavy (non-hydrogen) atoms. The highest BCUT2D eigenvalue weighted by Gasteiger charge is 2.28. The Balaban J connectivity index is 1.71. The van der Waals surface area contributed by atoms with Gasteiger partial charge in [-0.05, 0) is 42.2 Å². The van der Waals surface area contributed by atoms with Crippen LogP contribution in [0.2, 0.25) is 0 Å². The summed E-state index contributed by atoms with van der Waals surface area (Å²) in [5.74, 6) is 5.79. The third-order valence-corrected chi connectivity index (χ3v) is 5.68. The van der Waals surface area contributed by atoms with E-state index < -0.39 is 0 Å². The number of hydrogen-bond acceptors (Lipinski definition) is 3. The molecule has 3 rings (SSSR count). The van der Waals surface area contributed by atoms with Crippen molar-refractivity contribution >= 4 is 27.7 Å². The van der Waals surface area contributed by atoms with Gasteiger partial charge in [0.25, 0.3) is 0 Å². The largest absolute Gasteiger partial charge is 0.271 e. The van der Waals surface area contributed by atoms with Crippen LogP contribution in [-0.2, 0) is 12.8 Å². The Bertz CT molecular complexity index is 560. The summed E-state index contributed by atoms with van der Waals surface area (Å²) < 4.78 is 1.11. The summed E-state index contributed by atoms with van der Waals surface area (Å²) in [5, 5.41) is 0.501. The van der Waals surface area contributed by atoms with Crippen LogP contribution in [0.5, 0.6) is 0 Å². The lowest BCUT2D eigenvalue weighted by molar-refractivity contribution is 0.506. The minimum Gasteiger partial charge on any atom is -0.271 e. The molecule has 2 nitrogen and oxygen atoms in total. The van der Waals surface area contributed by atoms with Gasteiger partial charge < -0.3 is 0 Å². The number of hydrazine groups is 1. The molecule has 2 atom stereocenters. The summed E-state index contributed by atoms with van der Waals surface area (Å²) in [4.78, 5) is 1.40. The quantitative estimate of drug-likeness (QED) is 0.655. The second-order valence-corrected chi connectivity index (χ2v) is 7.27. The molecule has 1 heterocycles. The molecule has 2 aromatic carbocycles. The summed E-state index contributed by atoms with van der Waals surface area (Å²) in [7, 11) is 0. The van der Waals surface area contributed by atoms with Crippen LogP contribution in [0.25, 0.3) is 0 Å². The molecule has 3 N–H and O–H groups in total. The van der Waals surface area contributed by atoms with Crippen LogP contribution in [0, 0.1) is 0 Å². The van der Waals surface area contributed by atoms with Gasteiger partial charge in [0.2, 0.25) is 0 Å². The van der Waals surface area contributed by atoms with Gasteiger partial charge in [-0.25, -0.2) is 0 Å². The topological polar surface area (TPSA) is 38.0 Å². The predicted molar refractivity (Wildman–Crippen MR) is 88.7 cm³/mol. The molecule has 104 valence electrons. The van der Waals surface area contributed by atoms with Gasteiger partial charge >= 0.3 is 0 Å². The van der Waals surface area contributed by atoms with E-state index in [9.17, 15) is 0 Å². The molecule has 0 bridgehead atoms. The lowest BCUT2D eigenvalue weighted by atomic mass is 9.99. The van der Waals surface area contributed by atoms with E-state index in [1.165, 1.54) is 16.0 Å².